The summed E-state index contributed by atoms with van der Waals surface area (Å²) in [6.45, 7) is 0.717. The van der Waals surface area contributed by atoms with Gasteiger partial charge in [0.05, 0.1) is 0 Å². The smallest absolute Gasteiger partial charge is 0.321 e. The SMILES string of the molecule is CN(CCc1noc(C(=O)NCc2ccccc2)n1)C(=O)Nc1ccc(Cl)cc1. The fourth-order valence-corrected chi connectivity index (χ4v) is 2.55. The van der Waals surface area contributed by atoms with Crippen LogP contribution in [0.15, 0.2) is 59.1 Å². The van der Waals surface area contributed by atoms with E-state index in [0.717, 1.165) is 5.56 Å². The molecular formula is C20H20ClN5O3. The van der Waals surface area contributed by atoms with Crippen molar-refractivity contribution in [3.05, 3.63) is 76.9 Å². The fraction of sp³-hybridized carbons (Fsp3) is 0.200. The van der Waals surface area contributed by atoms with Crippen molar-refractivity contribution in [3.8, 4) is 0 Å². The lowest BCUT2D eigenvalue weighted by Crippen LogP contribution is -2.33. The molecule has 0 saturated carbocycles. The van der Waals surface area contributed by atoms with E-state index in [2.05, 4.69) is 20.8 Å². The number of likely N-dealkylation sites (N-methyl/N-ethyl adjacent to an activating group) is 1. The van der Waals surface area contributed by atoms with E-state index in [1.807, 2.05) is 30.3 Å². The summed E-state index contributed by atoms with van der Waals surface area (Å²) < 4.78 is 5.01. The molecule has 150 valence electrons. The number of aromatic nitrogens is 2. The van der Waals surface area contributed by atoms with E-state index in [-0.39, 0.29) is 11.9 Å². The predicted octanol–water partition coefficient (Wildman–Crippen LogP) is 3.36. The van der Waals surface area contributed by atoms with E-state index in [9.17, 15) is 9.59 Å². The highest BCUT2D eigenvalue weighted by molar-refractivity contribution is 6.30. The summed E-state index contributed by atoms with van der Waals surface area (Å²) in [5, 5.41) is 9.88. The number of anilines is 1. The zero-order chi connectivity index (χ0) is 20.6. The molecule has 0 atom stereocenters. The Bertz CT molecular complexity index is 960. The van der Waals surface area contributed by atoms with E-state index in [4.69, 9.17) is 16.1 Å². The van der Waals surface area contributed by atoms with Crippen LogP contribution in [0.4, 0.5) is 10.5 Å². The number of benzene rings is 2. The van der Waals surface area contributed by atoms with Gasteiger partial charge in [-0.3, -0.25) is 4.79 Å². The zero-order valence-corrected chi connectivity index (χ0v) is 16.5. The van der Waals surface area contributed by atoms with E-state index < -0.39 is 5.91 Å². The van der Waals surface area contributed by atoms with Crippen LogP contribution in [0, 0.1) is 0 Å². The van der Waals surface area contributed by atoms with Crippen molar-refractivity contribution in [2.75, 3.05) is 18.9 Å². The number of hydrogen-bond donors (Lipinski definition) is 2. The topological polar surface area (TPSA) is 100 Å². The molecule has 0 fully saturated rings. The van der Waals surface area contributed by atoms with Crippen LogP contribution < -0.4 is 10.6 Å². The quantitative estimate of drug-likeness (QED) is 0.618. The first-order valence-electron chi connectivity index (χ1n) is 8.93. The number of nitrogens with one attached hydrogen (secondary N) is 2. The second kappa shape index (κ2) is 9.70. The number of halogens is 1. The van der Waals surface area contributed by atoms with Crippen molar-refractivity contribution < 1.29 is 14.1 Å². The zero-order valence-electron chi connectivity index (χ0n) is 15.8. The maximum Gasteiger partial charge on any atom is 0.321 e. The molecule has 0 radical (unpaired) electrons. The van der Waals surface area contributed by atoms with Gasteiger partial charge in [-0.2, -0.15) is 4.98 Å². The van der Waals surface area contributed by atoms with Gasteiger partial charge in [0, 0.05) is 37.3 Å². The Hall–Kier alpha value is -3.39. The molecular weight excluding hydrogens is 394 g/mol. The van der Waals surface area contributed by atoms with Crippen LogP contribution in [0.1, 0.15) is 22.1 Å². The highest BCUT2D eigenvalue weighted by Gasteiger charge is 2.16. The maximum atomic E-state index is 12.2. The Morgan fingerprint density at radius 1 is 1.10 bits per heavy atom. The molecule has 0 unspecified atom stereocenters. The molecule has 0 spiro atoms. The number of carbonyl (C=O) groups excluding carboxylic acids is 2. The van der Waals surface area contributed by atoms with Crippen LogP contribution in [0.25, 0.3) is 0 Å². The molecule has 0 bridgehead atoms. The molecule has 2 N–H and O–H groups in total. The third kappa shape index (κ3) is 6.05. The van der Waals surface area contributed by atoms with Gasteiger partial charge >= 0.3 is 17.8 Å². The summed E-state index contributed by atoms with van der Waals surface area (Å²) in [7, 11) is 1.65. The van der Waals surface area contributed by atoms with Crippen molar-refractivity contribution in [2.45, 2.75) is 13.0 Å². The van der Waals surface area contributed by atoms with E-state index in [1.54, 1.807) is 31.3 Å². The van der Waals surface area contributed by atoms with Crippen molar-refractivity contribution in [1.29, 1.82) is 0 Å². The molecule has 8 nitrogen and oxygen atoms in total. The number of hydrogen-bond acceptors (Lipinski definition) is 5. The highest BCUT2D eigenvalue weighted by Crippen LogP contribution is 2.13. The number of urea groups is 1. The van der Waals surface area contributed by atoms with Gasteiger partial charge in [0.1, 0.15) is 0 Å². The molecule has 0 aliphatic carbocycles. The van der Waals surface area contributed by atoms with Gasteiger partial charge in [0.25, 0.3) is 0 Å². The number of amides is 3. The van der Waals surface area contributed by atoms with Crippen LogP contribution in [0.5, 0.6) is 0 Å². The number of carbonyl (C=O) groups is 2. The largest absolute Gasteiger partial charge is 0.344 e. The second-order valence-corrected chi connectivity index (χ2v) is 6.73. The molecule has 3 aromatic rings. The van der Waals surface area contributed by atoms with Gasteiger partial charge in [-0.1, -0.05) is 47.1 Å². The molecule has 9 heteroatoms. The van der Waals surface area contributed by atoms with Crippen LogP contribution in [-0.2, 0) is 13.0 Å². The minimum atomic E-state index is -0.443. The summed E-state index contributed by atoms with van der Waals surface area (Å²) in [5.41, 5.74) is 1.61. The fourth-order valence-electron chi connectivity index (χ4n) is 2.42. The first kappa shape index (κ1) is 20.3. The Morgan fingerprint density at radius 2 is 1.83 bits per heavy atom. The molecule has 0 aliphatic rings. The average Bonchev–Trinajstić information content (AvgIpc) is 3.22. The van der Waals surface area contributed by atoms with Gasteiger partial charge < -0.3 is 20.1 Å². The van der Waals surface area contributed by atoms with Gasteiger partial charge in [-0.05, 0) is 29.8 Å². The van der Waals surface area contributed by atoms with E-state index in [0.29, 0.717) is 36.0 Å². The van der Waals surface area contributed by atoms with Gasteiger partial charge in [-0.15, -0.1) is 0 Å². The molecule has 3 amide bonds. The number of rotatable bonds is 7. The minimum Gasteiger partial charge on any atom is -0.344 e. The number of nitrogens with zero attached hydrogens (tertiary/aromatic N) is 3. The summed E-state index contributed by atoms with van der Waals surface area (Å²) in [4.78, 5) is 29.9. The molecule has 0 saturated heterocycles. The first-order chi connectivity index (χ1) is 14.0. The predicted molar refractivity (Wildman–Crippen MR) is 109 cm³/mol. The lowest BCUT2D eigenvalue weighted by atomic mass is 10.2. The lowest BCUT2D eigenvalue weighted by molar-refractivity contribution is 0.0907. The van der Waals surface area contributed by atoms with E-state index in [1.165, 1.54) is 4.90 Å². The van der Waals surface area contributed by atoms with Crippen LogP contribution in [-0.4, -0.2) is 40.6 Å². The summed E-state index contributed by atoms with van der Waals surface area (Å²) >= 11 is 5.83. The van der Waals surface area contributed by atoms with E-state index >= 15 is 0 Å². The Kier molecular flexibility index (Phi) is 6.80. The van der Waals surface area contributed by atoms with Gasteiger partial charge in [-0.25, -0.2) is 4.79 Å². The van der Waals surface area contributed by atoms with Crippen LogP contribution >= 0.6 is 11.6 Å². The molecule has 29 heavy (non-hydrogen) atoms. The Morgan fingerprint density at radius 3 is 2.55 bits per heavy atom. The Labute approximate surface area is 172 Å². The molecule has 3 rings (SSSR count). The third-order valence-corrected chi connectivity index (χ3v) is 4.32. The normalized spacial score (nSPS) is 10.4. The average molecular weight is 414 g/mol. The van der Waals surface area contributed by atoms with Gasteiger partial charge in [0.2, 0.25) is 0 Å². The summed E-state index contributed by atoms with van der Waals surface area (Å²) in [6, 6.07) is 16.1. The van der Waals surface area contributed by atoms with Crippen LogP contribution in [0.2, 0.25) is 5.02 Å². The minimum absolute atomic E-state index is 0.107. The van der Waals surface area contributed by atoms with Crippen molar-refractivity contribution in [1.82, 2.24) is 20.4 Å². The summed E-state index contributed by atoms with van der Waals surface area (Å²) in [6.07, 6.45) is 0.347. The molecule has 1 heterocycles. The Balaban J connectivity index is 1.46. The molecule has 0 aliphatic heterocycles. The third-order valence-electron chi connectivity index (χ3n) is 4.07. The van der Waals surface area contributed by atoms with Crippen LogP contribution in [0.3, 0.4) is 0 Å². The second-order valence-electron chi connectivity index (χ2n) is 6.29. The molecule has 2 aromatic carbocycles. The van der Waals surface area contributed by atoms with Crippen molar-refractivity contribution in [2.24, 2.45) is 0 Å². The first-order valence-corrected chi connectivity index (χ1v) is 9.31. The van der Waals surface area contributed by atoms with Crippen molar-refractivity contribution >= 4 is 29.2 Å². The monoisotopic (exact) mass is 413 g/mol. The lowest BCUT2D eigenvalue weighted by Gasteiger charge is -2.17. The van der Waals surface area contributed by atoms with Crippen molar-refractivity contribution in [3.63, 3.8) is 0 Å². The molecule has 1 aromatic heterocycles. The standard InChI is InChI=1S/C20H20ClN5O3/c1-26(20(28)23-16-9-7-15(21)8-10-16)12-11-17-24-19(29-25-17)18(27)22-13-14-5-3-2-4-6-14/h2-10H,11-13H2,1H3,(H,22,27)(H,23,28). The maximum absolute atomic E-state index is 12.2. The highest BCUT2D eigenvalue weighted by atomic mass is 35.5. The summed E-state index contributed by atoms with van der Waals surface area (Å²) in [5.74, 6) is -0.202. The van der Waals surface area contributed by atoms with Gasteiger partial charge in [0.15, 0.2) is 5.82 Å².